The number of carboxylic acids is 1. The number of rotatable bonds is 6. The Labute approximate surface area is 96.2 Å². The number of unbranched alkanes of at least 4 members (excludes halogenated alkanes) is 1. The maximum Gasteiger partial charge on any atom is 0.316 e. The van der Waals surface area contributed by atoms with Gasteiger partial charge in [-0.15, -0.1) is 0 Å². The van der Waals surface area contributed by atoms with Gasteiger partial charge in [-0.2, -0.15) is 0 Å². The van der Waals surface area contributed by atoms with Crippen molar-refractivity contribution in [3.05, 3.63) is 0 Å². The van der Waals surface area contributed by atoms with Gasteiger partial charge in [0.1, 0.15) is 5.25 Å². The molecule has 0 fully saturated rings. The fraction of sp³-hybridized carbons (Fsp3) is 0.750. The minimum absolute atomic E-state index is 0.124. The molecule has 1 unspecified atom stereocenters. The van der Waals surface area contributed by atoms with Crippen LogP contribution in [0.5, 0.6) is 0 Å². The van der Waals surface area contributed by atoms with E-state index in [4.69, 9.17) is 5.11 Å². The second kappa shape index (κ2) is 8.49. The van der Waals surface area contributed by atoms with E-state index in [1.54, 1.807) is 0 Å². The minimum atomic E-state index is -0.942. The van der Waals surface area contributed by atoms with Gasteiger partial charge in [-0.05, 0) is 24.1 Å². The summed E-state index contributed by atoms with van der Waals surface area (Å²) in [4.78, 5) is 21.6. The molecule has 0 aromatic heterocycles. The van der Waals surface area contributed by atoms with Gasteiger partial charge in [0, 0.05) is 5.75 Å². The molecule has 0 aliphatic carbocycles. The summed E-state index contributed by atoms with van der Waals surface area (Å²) in [5, 5.41) is 7.90. The average Bonchev–Trinajstić information content (AvgIpc) is 2.12. The molecule has 0 saturated carbocycles. The summed E-state index contributed by atoms with van der Waals surface area (Å²) in [6.45, 7) is 3.61. The van der Waals surface area contributed by atoms with Crippen molar-refractivity contribution in [1.82, 2.24) is 0 Å². The highest BCUT2D eigenvalue weighted by molar-refractivity contribution is 8.86. The summed E-state index contributed by atoms with van der Waals surface area (Å²) in [5.74, 6) is -0.00272. The molecule has 0 aliphatic heterocycles. The molecule has 1 atom stereocenters. The molecule has 0 aromatic carbocycles. The van der Waals surface area contributed by atoms with Crippen molar-refractivity contribution in [2.45, 2.75) is 31.9 Å². The number of carboxylic acid groups (broad SMARTS) is 1. The third-order valence-corrected chi connectivity index (χ3v) is 4.95. The van der Waals surface area contributed by atoms with Gasteiger partial charge in [0.2, 0.25) is 0 Å². The standard InChI is InChI=1S/C8H14O3S3/c1-3-4-5-12-14-8(11)13-6(2)7(9)10/h6H,3-5H2,1-2H3,(H,9,10). The Morgan fingerprint density at radius 3 is 2.57 bits per heavy atom. The molecule has 3 nitrogen and oxygen atoms in total. The molecule has 0 radical (unpaired) electrons. The highest BCUT2D eigenvalue weighted by atomic mass is 33.1. The summed E-state index contributed by atoms with van der Waals surface area (Å²) in [5.41, 5.74) is 0. The smallest absolute Gasteiger partial charge is 0.316 e. The molecule has 14 heavy (non-hydrogen) atoms. The normalized spacial score (nSPS) is 12.4. The summed E-state index contributed by atoms with van der Waals surface area (Å²) in [6, 6.07) is 0. The second-order valence-corrected chi connectivity index (χ2v) is 6.57. The fourth-order valence-electron chi connectivity index (χ4n) is 0.507. The van der Waals surface area contributed by atoms with Crippen molar-refractivity contribution < 1.29 is 14.7 Å². The third kappa shape index (κ3) is 7.58. The molecule has 6 heteroatoms. The molecular weight excluding hydrogens is 240 g/mol. The minimum Gasteiger partial charge on any atom is -0.480 e. The van der Waals surface area contributed by atoms with Gasteiger partial charge >= 0.3 is 5.97 Å². The zero-order valence-electron chi connectivity index (χ0n) is 8.19. The molecule has 1 N–H and O–H groups in total. The number of carbonyl (C=O) groups is 2. The highest BCUT2D eigenvalue weighted by Crippen LogP contribution is 2.31. The Balaban J connectivity index is 3.50. The summed E-state index contributed by atoms with van der Waals surface area (Å²) >= 11 is 0.869. The van der Waals surface area contributed by atoms with E-state index in [9.17, 15) is 9.59 Å². The van der Waals surface area contributed by atoms with Crippen LogP contribution in [0.1, 0.15) is 26.7 Å². The van der Waals surface area contributed by atoms with Crippen molar-refractivity contribution in [3.8, 4) is 0 Å². The zero-order valence-corrected chi connectivity index (χ0v) is 10.6. The van der Waals surface area contributed by atoms with Crippen molar-refractivity contribution in [2.75, 3.05) is 5.75 Å². The molecule has 0 bridgehead atoms. The molecule has 0 aliphatic rings. The lowest BCUT2D eigenvalue weighted by Gasteiger charge is -2.03. The lowest BCUT2D eigenvalue weighted by Crippen LogP contribution is -2.12. The van der Waals surface area contributed by atoms with E-state index in [2.05, 4.69) is 6.92 Å². The summed E-state index contributed by atoms with van der Waals surface area (Å²) in [6.07, 6.45) is 2.20. The molecule has 0 spiro atoms. The van der Waals surface area contributed by atoms with Crippen LogP contribution in [-0.2, 0) is 4.79 Å². The molecular formula is C8H14O3S3. The van der Waals surface area contributed by atoms with Crippen molar-refractivity contribution in [3.63, 3.8) is 0 Å². The van der Waals surface area contributed by atoms with Crippen LogP contribution in [0.15, 0.2) is 0 Å². The van der Waals surface area contributed by atoms with Crippen LogP contribution in [0.4, 0.5) is 4.79 Å². The van der Waals surface area contributed by atoms with Gasteiger partial charge in [-0.3, -0.25) is 9.59 Å². The predicted molar refractivity (Wildman–Crippen MR) is 65.0 cm³/mol. The van der Waals surface area contributed by atoms with Crippen LogP contribution < -0.4 is 0 Å². The maximum atomic E-state index is 11.2. The lowest BCUT2D eigenvalue weighted by molar-refractivity contribution is -0.136. The number of hydrogen-bond acceptors (Lipinski definition) is 5. The van der Waals surface area contributed by atoms with Crippen molar-refractivity contribution >= 4 is 43.8 Å². The molecule has 82 valence electrons. The Morgan fingerprint density at radius 1 is 1.43 bits per heavy atom. The van der Waals surface area contributed by atoms with Crippen LogP contribution in [-0.4, -0.2) is 26.5 Å². The average molecular weight is 254 g/mol. The van der Waals surface area contributed by atoms with Crippen LogP contribution in [0.25, 0.3) is 0 Å². The van der Waals surface area contributed by atoms with Crippen molar-refractivity contribution in [1.29, 1.82) is 0 Å². The fourth-order valence-corrected chi connectivity index (χ4v) is 3.75. The number of aliphatic carboxylic acids is 1. The maximum absolute atomic E-state index is 11.2. The Bertz CT molecular complexity index is 196. The van der Waals surface area contributed by atoms with Crippen LogP contribution in [0.2, 0.25) is 0 Å². The van der Waals surface area contributed by atoms with E-state index >= 15 is 0 Å². The SMILES string of the molecule is CCCCSSC(=O)SC(C)C(=O)O. The van der Waals surface area contributed by atoms with Gasteiger partial charge in [0.05, 0.1) is 0 Å². The van der Waals surface area contributed by atoms with Crippen LogP contribution in [0, 0.1) is 0 Å². The van der Waals surface area contributed by atoms with E-state index in [-0.39, 0.29) is 4.45 Å². The summed E-state index contributed by atoms with van der Waals surface area (Å²) in [7, 11) is 2.63. The predicted octanol–water partition coefficient (Wildman–Crippen LogP) is 3.49. The Morgan fingerprint density at radius 2 is 2.07 bits per heavy atom. The first-order chi connectivity index (χ1) is 6.57. The first kappa shape index (κ1) is 14.2. The zero-order chi connectivity index (χ0) is 11.0. The second-order valence-electron chi connectivity index (χ2n) is 2.61. The van der Waals surface area contributed by atoms with E-state index in [0.29, 0.717) is 0 Å². The summed E-state index contributed by atoms with van der Waals surface area (Å²) < 4.78 is -0.124. The van der Waals surface area contributed by atoms with Gasteiger partial charge in [0.15, 0.2) is 0 Å². The van der Waals surface area contributed by atoms with Crippen molar-refractivity contribution in [2.24, 2.45) is 0 Å². The van der Waals surface area contributed by atoms with E-state index in [1.807, 2.05) is 0 Å². The number of carbonyl (C=O) groups excluding carboxylic acids is 1. The lowest BCUT2D eigenvalue weighted by atomic mass is 10.4. The Kier molecular flexibility index (Phi) is 8.61. The first-order valence-electron chi connectivity index (χ1n) is 4.30. The van der Waals surface area contributed by atoms with Gasteiger partial charge in [0.25, 0.3) is 4.45 Å². The quantitative estimate of drug-likeness (QED) is 0.578. The van der Waals surface area contributed by atoms with Gasteiger partial charge in [-0.25, -0.2) is 0 Å². The Hall–Kier alpha value is 0.190. The number of hydrogen-bond donors (Lipinski definition) is 1. The molecule has 0 heterocycles. The molecule has 0 rings (SSSR count). The third-order valence-electron chi connectivity index (χ3n) is 1.33. The van der Waals surface area contributed by atoms with E-state index in [0.717, 1.165) is 41.2 Å². The van der Waals surface area contributed by atoms with Crippen LogP contribution >= 0.6 is 33.3 Å². The largest absolute Gasteiger partial charge is 0.480 e. The van der Waals surface area contributed by atoms with Crippen LogP contribution in [0.3, 0.4) is 0 Å². The van der Waals surface area contributed by atoms with E-state index < -0.39 is 11.2 Å². The molecule has 0 saturated heterocycles. The van der Waals surface area contributed by atoms with E-state index in [1.165, 1.54) is 17.7 Å². The topological polar surface area (TPSA) is 54.4 Å². The first-order valence-corrected chi connectivity index (χ1v) is 7.50. The molecule has 0 aromatic rings. The number of thioether (sulfide) groups is 1. The highest BCUT2D eigenvalue weighted by Gasteiger charge is 2.16. The molecule has 0 amide bonds. The monoisotopic (exact) mass is 254 g/mol. The van der Waals surface area contributed by atoms with Gasteiger partial charge in [-0.1, -0.05) is 35.9 Å². The van der Waals surface area contributed by atoms with Gasteiger partial charge < -0.3 is 5.11 Å².